The number of halogens is 1. The van der Waals surface area contributed by atoms with E-state index in [9.17, 15) is 9.18 Å². The van der Waals surface area contributed by atoms with Crippen LogP contribution in [0.1, 0.15) is 10.4 Å². The molecule has 4 heteroatoms. The molecule has 1 aromatic rings. The predicted octanol–water partition coefficient (Wildman–Crippen LogP) is 1.03. The second-order valence-electron chi connectivity index (χ2n) is 2.82. The van der Waals surface area contributed by atoms with Crippen LogP contribution in [0.3, 0.4) is 0 Å². The maximum Gasteiger partial charge on any atom is 0.268 e. The van der Waals surface area contributed by atoms with E-state index >= 15 is 0 Å². The first kappa shape index (κ1) is 9.67. The average Bonchev–Trinajstić information content (AvgIpc) is 2.03. The Bertz CT molecular complexity index is 312. The molecule has 0 saturated carbocycles. The molecule has 0 atom stereocenters. The number of amides is 1. The van der Waals surface area contributed by atoms with Crippen molar-refractivity contribution in [3.8, 4) is 0 Å². The van der Waals surface area contributed by atoms with E-state index in [0.29, 0.717) is 0 Å². The zero-order valence-electron chi connectivity index (χ0n) is 7.54. The smallest absolute Gasteiger partial charge is 0.268 e. The van der Waals surface area contributed by atoms with Gasteiger partial charge < -0.3 is 0 Å². The summed E-state index contributed by atoms with van der Waals surface area (Å²) >= 11 is 0. The second-order valence-corrected chi connectivity index (χ2v) is 2.82. The zero-order valence-corrected chi connectivity index (χ0v) is 7.54. The third-order valence-corrected chi connectivity index (χ3v) is 1.44. The fourth-order valence-corrected chi connectivity index (χ4v) is 0.909. The molecule has 0 aromatic heterocycles. The zero-order chi connectivity index (χ0) is 9.84. The van der Waals surface area contributed by atoms with E-state index in [1.807, 2.05) is 0 Å². The lowest BCUT2D eigenvalue weighted by Crippen LogP contribution is -2.36. The maximum absolute atomic E-state index is 13.0. The van der Waals surface area contributed by atoms with Crippen molar-refractivity contribution in [1.29, 1.82) is 0 Å². The Morgan fingerprint density at radius 2 is 2.00 bits per heavy atom. The van der Waals surface area contributed by atoms with Crippen LogP contribution >= 0.6 is 0 Å². The van der Waals surface area contributed by atoms with Crippen LogP contribution in [-0.2, 0) is 0 Å². The third kappa shape index (κ3) is 2.52. The van der Waals surface area contributed by atoms with E-state index < -0.39 is 11.7 Å². The van der Waals surface area contributed by atoms with Crippen molar-refractivity contribution in [2.24, 2.45) is 0 Å². The van der Waals surface area contributed by atoms with Crippen molar-refractivity contribution in [2.75, 3.05) is 14.1 Å². The van der Waals surface area contributed by atoms with Crippen LogP contribution in [-0.4, -0.2) is 25.0 Å². The van der Waals surface area contributed by atoms with Crippen molar-refractivity contribution in [3.63, 3.8) is 0 Å². The summed E-state index contributed by atoms with van der Waals surface area (Å²) in [6.45, 7) is 0. The minimum Gasteiger partial charge on any atom is -0.285 e. The molecule has 1 rings (SSSR count). The first-order chi connectivity index (χ1) is 6.11. The molecule has 0 aliphatic heterocycles. The highest BCUT2D eigenvalue weighted by molar-refractivity contribution is 5.94. The van der Waals surface area contributed by atoms with Gasteiger partial charge in [-0.25, -0.2) is 9.40 Å². The Morgan fingerprint density at radius 3 is 2.54 bits per heavy atom. The van der Waals surface area contributed by atoms with Gasteiger partial charge in [0.1, 0.15) is 5.82 Å². The van der Waals surface area contributed by atoms with E-state index in [1.54, 1.807) is 26.2 Å². The lowest BCUT2D eigenvalue weighted by atomic mass is 10.2. The quantitative estimate of drug-likeness (QED) is 0.693. The molecule has 0 heterocycles. The summed E-state index contributed by atoms with van der Waals surface area (Å²) < 4.78 is 13.0. The molecule has 1 aromatic carbocycles. The number of benzene rings is 1. The van der Waals surface area contributed by atoms with Crippen LogP contribution in [0.2, 0.25) is 0 Å². The highest BCUT2D eigenvalue weighted by Gasteiger charge is 2.10. The molecular formula is C9H11FN2O. The summed E-state index contributed by atoms with van der Waals surface area (Å²) in [6, 6.07) is 5.86. The monoisotopic (exact) mass is 182 g/mol. The van der Waals surface area contributed by atoms with Crippen LogP contribution < -0.4 is 5.43 Å². The minimum atomic E-state index is -0.512. The van der Waals surface area contributed by atoms with Gasteiger partial charge in [0.25, 0.3) is 5.91 Å². The second kappa shape index (κ2) is 4.00. The van der Waals surface area contributed by atoms with Gasteiger partial charge >= 0.3 is 0 Å². The van der Waals surface area contributed by atoms with Gasteiger partial charge in [-0.2, -0.15) is 0 Å². The molecule has 0 unspecified atom stereocenters. The molecule has 0 radical (unpaired) electrons. The molecule has 3 nitrogen and oxygen atoms in total. The fourth-order valence-electron chi connectivity index (χ4n) is 0.909. The van der Waals surface area contributed by atoms with Crippen molar-refractivity contribution >= 4 is 5.91 Å². The Balaban J connectivity index is 2.83. The first-order valence-electron chi connectivity index (χ1n) is 3.84. The number of rotatable bonds is 2. The summed E-state index contributed by atoms with van der Waals surface area (Å²) in [5.74, 6) is -0.954. The maximum atomic E-state index is 13.0. The lowest BCUT2D eigenvalue weighted by molar-refractivity contribution is 0.0852. The number of nitrogens with one attached hydrogen (secondary N) is 1. The third-order valence-electron chi connectivity index (χ3n) is 1.44. The molecule has 0 aliphatic rings. The van der Waals surface area contributed by atoms with Crippen LogP contribution in [0.25, 0.3) is 0 Å². The Morgan fingerprint density at radius 1 is 1.38 bits per heavy atom. The first-order valence-corrected chi connectivity index (χ1v) is 3.84. The molecule has 13 heavy (non-hydrogen) atoms. The van der Waals surface area contributed by atoms with Gasteiger partial charge in [0.05, 0.1) is 5.56 Å². The van der Waals surface area contributed by atoms with Crippen LogP contribution in [0.5, 0.6) is 0 Å². The topological polar surface area (TPSA) is 32.3 Å². The highest BCUT2D eigenvalue weighted by Crippen LogP contribution is 2.05. The van der Waals surface area contributed by atoms with Gasteiger partial charge in [-0.15, -0.1) is 0 Å². The molecule has 1 N–H and O–H groups in total. The van der Waals surface area contributed by atoms with Gasteiger partial charge in [0.15, 0.2) is 0 Å². The normalized spacial score (nSPS) is 10.2. The van der Waals surface area contributed by atoms with Crippen molar-refractivity contribution in [2.45, 2.75) is 0 Å². The SMILES string of the molecule is CN(C)NC(=O)c1ccccc1F. The highest BCUT2D eigenvalue weighted by atomic mass is 19.1. The summed E-state index contributed by atoms with van der Waals surface area (Å²) in [5, 5.41) is 1.47. The Labute approximate surface area is 76.1 Å². The number of hydrazine groups is 1. The fraction of sp³-hybridized carbons (Fsp3) is 0.222. The molecular weight excluding hydrogens is 171 g/mol. The van der Waals surface area contributed by atoms with Crippen molar-refractivity contribution in [1.82, 2.24) is 10.4 Å². The molecule has 1 amide bonds. The van der Waals surface area contributed by atoms with E-state index in [2.05, 4.69) is 5.43 Å². The average molecular weight is 182 g/mol. The van der Waals surface area contributed by atoms with E-state index in [0.717, 1.165) is 0 Å². The minimum absolute atomic E-state index is 0.0520. The summed E-state index contributed by atoms with van der Waals surface area (Å²) in [7, 11) is 3.33. The van der Waals surface area contributed by atoms with Gasteiger partial charge in [-0.1, -0.05) is 12.1 Å². The summed E-state index contributed by atoms with van der Waals surface area (Å²) in [5.41, 5.74) is 2.51. The number of carbonyl (C=O) groups excluding carboxylic acids is 1. The van der Waals surface area contributed by atoms with Crippen LogP contribution in [0, 0.1) is 5.82 Å². The van der Waals surface area contributed by atoms with Gasteiger partial charge in [0.2, 0.25) is 0 Å². The predicted molar refractivity (Wildman–Crippen MR) is 47.6 cm³/mol. The number of hydrogen-bond acceptors (Lipinski definition) is 2. The summed E-state index contributed by atoms with van der Waals surface area (Å²) in [6.07, 6.45) is 0. The van der Waals surface area contributed by atoms with Crippen LogP contribution in [0.15, 0.2) is 24.3 Å². The standard InChI is InChI=1S/C9H11FN2O/c1-12(2)11-9(13)7-5-3-4-6-8(7)10/h3-6H,1-2H3,(H,11,13). The van der Waals surface area contributed by atoms with Crippen molar-refractivity contribution < 1.29 is 9.18 Å². The molecule has 70 valence electrons. The van der Waals surface area contributed by atoms with Crippen LogP contribution in [0.4, 0.5) is 4.39 Å². The summed E-state index contributed by atoms with van der Waals surface area (Å²) in [4.78, 5) is 11.3. The Hall–Kier alpha value is -1.42. The Kier molecular flexibility index (Phi) is 2.97. The lowest BCUT2D eigenvalue weighted by Gasteiger charge is -2.11. The number of carbonyl (C=O) groups is 1. The van der Waals surface area contributed by atoms with Gasteiger partial charge in [0, 0.05) is 14.1 Å². The number of hydrogen-bond donors (Lipinski definition) is 1. The largest absolute Gasteiger partial charge is 0.285 e. The van der Waals surface area contributed by atoms with Gasteiger partial charge in [-0.3, -0.25) is 10.2 Å². The van der Waals surface area contributed by atoms with Gasteiger partial charge in [-0.05, 0) is 12.1 Å². The van der Waals surface area contributed by atoms with E-state index in [4.69, 9.17) is 0 Å². The molecule has 0 saturated heterocycles. The van der Waals surface area contributed by atoms with E-state index in [1.165, 1.54) is 17.1 Å². The molecule has 0 spiro atoms. The molecule has 0 aliphatic carbocycles. The molecule has 0 fully saturated rings. The van der Waals surface area contributed by atoms with Crippen molar-refractivity contribution in [3.05, 3.63) is 35.6 Å². The number of nitrogens with zero attached hydrogens (tertiary/aromatic N) is 1. The molecule has 0 bridgehead atoms. The van der Waals surface area contributed by atoms with E-state index in [-0.39, 0.29) is 5.56 Å².